The first-order valence-corrected chi connectivity index (χ1v) is 6.68. The van der Waals surface area contributed by atoms with E-state index in [0.29, 0.717) is 11.6 Å². The molecule has 1 aromatic rings. The molecule has 0 heterocycles. The zero-order chi connectivity index (χ0) is 13.5. The largest absolute Gasteiger partial charge is 0.340 e. The standard InChI is InChI=1S/C14H21ClN2O/c1-3-4-9-13(16)14(18)17(2)10-11-7-5-6-8-12(11)15/h5-8,13H,3-4,9-10,16H2,1-2H3/t13-/m0/s1. The molecule has 3 nitrogen and oxygen atoms in total. The number of carbonyl (C=O) groups excluding carboxylic acids is 1. The van der Waals surface area contributed by atoms with Gasteiger partial charge in [-0.25, -0.2) is 0 Å². The molecule has 0 unspecified atom stereocenters. The number of nitrogens with zero attached hydrogens (tertiary/aromatic N) is 1. The molecule has 0 bridgehead atoms. The average molecular weight is 269 g/mol. The summed E-state index contributed by atoms with van der Waals surface area (Å²) in [5.74, 6) is -0.0247. The normalized spacial score (nSPS) is 12.2. The first-order chi connectivity index (χ1) is 8.56. The topological polar surface area (TPSA) is 46.3 Å². The van der Waals surface area contributed by atoms with E-state index in [2.05, 4.69) is 6.92 Å². The van der Waals surface area contributed by atoms with E-state index in [0.717, 1.165) is 24.8 Å². The van der Waals surface area contributed by atoms with Gasteiger partial charge in [-0.05, 0) is 18.1 Å². The summed E-state index contributed by atoms with van der Waals surface area (Å²) in [6.45, 7) is 2.59. The molecule has 0 spiro atoms. The molecular formula is C14H21ClN2O. The Hall–Kier alpha value is -1.06. The van der Waals surface area contributed by atoms with Crippen LogP contribution in [-0.4, -0.2) is 23.9 Å². The summed E-state index contributed by atoms with van der Waals surface area (Å²) in [5.41, 5.74) is 6.81. The molecular weight excluding hydrogens is 248 g/mol. The van der Waals surface area contributed by atoms with Crippen LogP contribution >= 0.6 is 11.6 Å². The lowest BCUT2D eigenvalue weighted by Gasteiger charge is -2.21. The number of nitrogens with two attached hydrogens (primary N) is 1. The molecule has 0 aromatic heterocycles. The van der Waals surface area contributed by atoms with Crippen molar-refractivity contribution in [2.45, 2.75) is 38.8 Å². The van der Waals surface area contributed by atoms with E-state index in [9.17, 15) is 4.79 Å². The number of hydrogen-bond donors (Lipinski definition) is 1. The van der Waals surface area contributed by atoms with Crippen LogP contribution in [0.2, 0.25) is 5.02 Å². The zero-order valence-corrected chi connectivity index (χ0v) is 11.8. The molecule has 0 aliphatic heterocycles. The lowest BCUT2D eigenvalue weighted by molar-refractivity contribution is -0.132. The van der Waals surface area contributed by atoms with Crippen molar-refractivity contribution in [3.05, 3.63) is 34.9 Å². The van der Waals surface area contributed by atoms with Crippen molar-refractivity contribution in [2.24, 2.45) is 5.73 Å². The van der Waals surface area contributed by atoms with Crippen LogP contribution in [0, 0.1) is 0 Å². The predicted molar refractivity (Wildman–Crippen MR) is 75.4 cm³/mol. The highest BCUT2D eigenvalue weighted by Gasteiger charge is 2.18. The highest BCUT2D eigenvalue weighted by molar-refractivity contribution is 6.31. The maximum absolute atomic E-state index is 12.0. The second kappa shape index (κ2) is 7.39. The minimum atomic E-state index is -0.405. The molecule has 1 amide bonds. The molecule has 1 rings (SSSR count). The second-order valence-corrected chi connectivity index (χ2v) is 4.94. The summed E-state index contributed by atoms with van der Waals surface area (Å²) in [5, 5.41) is 0.680. The Morgan fingerprint density at radius 3 is 2.72 bits per heavy atom. The molecule has 0 aliphatic carbocycles. The summed E-state index contributed by atoms with van der Waals surface area (Å²) < 4.78 is 0. The van der Waals surface area contributed by atoms with E-state index in [1.165, 1.54) is 0 Å². The number of carbonyl (C=O) groups is 1. The van der Waals surface area contributed by atoms with Crippen molar-refractivity contribution >= 4 is 17.5 Å². The van der Waals surface area contributed by atoms with Crippen molar-refractivity contribution in [1.29, 1.82) is 0 Å². The molecule has 0 aliphatic rings. The van der Waals surface area contributed by atoms with Crippen molar-refractivity contribution in [3.63, 3.8) is 0 Å². The van der Waals surface area contributed by atoms with E-state index in [1.807, 2.05) is 24.3 Å². The third-order valence-electron chi connectivity index (χ3n) is 2.93. The number of benzene rings is 1. The van der Waals surface area contributed by atoms with Gasteiger partial charge in [0.25, 0.3) is 0 Å². The van der Waals surface area contributed by atoms with Gasteiger partial charge in [0.05, 0.1) is 6.04 Å². The summed E-state index contributed by atoms with van der Waals surface area (Å²) in [4.78, 5) is 13.7. The van der Waals surface area contributed by atoms with Crippen molar-refractivity contribution < 1.29 is 4.79 Å². The molecule has 18 heavy (non-hydrogen) atoms. The molecule has 0 fully saturated rings. The van der Waals surface area contributed by atoms with Crippen LogP contribution in [0.3, 0.4) is 0 Å². The SMILES string of the molecule is CCCC[C@H](N)C(=O)N(C)Cc1ccccc1Cl. The summed E-state index contributed by atoms with van der Waals surface area (Å²) in [6.07, 6.45) is 2.77. The van der Waals surface area contributed by atoms with Gasteiger partial charge in [-0.2, -0.15) is 0 Å². The molecule has 1 atom stereocenters. The summed E-state index contributed by atoms with van der Waals surface area (Å²) in [6, 6.07) is 7.13. The maximum Gasteiger partial charge on any atom is 0.239 e. The third kappa shape index (κ3) is 4.31. The number of rotatable bonds is 6. The highest BCUT2D eigenvalue weighted by atomic mass is 35.5. The molecule has 1 aromatic carbocycles. The van der Waals surface area contributed by atoms with E-state index in [4.69, 9.17) is 17.3 Å². The molecule has 2 N–H and O–H groups in total. The van der Waals surface area contributed by atoms with E-state index >= 15 is 0 Å². The number of hydrogen-bond acceptors (Lipinski definition) is 2. The van der Waals surface area contributed by atoms with Crippen LogP contribution in [0.5, 0.6) is 0 Å². The fraction of sp³-hybridized carbons (Fsp3) is 0.500. The zero-order valence-electron chi connectivity index (χ0n) is 11.0. The van der Waals surface area contributed by atoms with E-state index in [-0.39, 0.29) is 5.91 Å². The Morgan fingerprint density at radius 1 is 1.44 bits per heavy atom. The number of amides is 1. The van der Waals surface area contributed by atoms with Crippen LogP contribution in [0.25, 0.3) is 0 Å². The van der Waals surface area contributed by atoms with E-state index < -0.39 is 6.04 Å². The van der Waals surface area contributed by atoms with Crippen molar-refractivity contribution in [2.75, 3.05) is 7.05 Å². The van der Waals surface area contributed by atoms with Gasteiger partial charge in [-0.15, -0.1) is 0 Å². The predicted octanol–water partition coefficient (Wildman–Crippen LogP) is 2.82. The van der Waals surface area contributed by atoms with Gasteiger partial charge in [-0.1, -0.05) is 49.6 Å². The minimum Gasteiger partial charge on any atom is -0.340 e. The van der Waals surface area contributed by atoms with Gasteiger partial charge in [0.15, 0.2) is 0 Å². The van der Waals surface area contributed by atoms with Gasteiger partial charge in [0, 0.05) is 18.6 Å². The maximum atomic E-state index is 12.0. The number of halogens is 1. The Labute approximate surface area is 114 Å². The van der Waals surface area contributed by atoms with Crippen LogP contribution < -0.4 is 5.73 Å². The Balaban J connectivity index is 2.57. The molecule has 0 saturated carbocycles. The quantitative estimate of drug-likeness (QED) is 0.862. The fourth-order valence-electron chi connectivity index (χ4n) is 1.79. The van der Waals surface area contributed by atoms with Crippen LogP contribution in [-0.2, 0) is 11.3 Å². The number of unbranched alkanes of at least 4 members (excludes halogenated alkanes) is 1. The van der Waals surface area contributed by atoms with Crippen molar-refractivity contribution in [3.8, 4) is 0 Å². The van der Waals surface area contributed by atoms with Crippen molar-refractivity contribution in [1.82, 2.24) is 4.90 Å². The fourth-order valence-corrected chi connectivity index (χ4v) is 1.99. The average Bonchev–Trinajstić information content (AvgIpc) is 2.37. The third-order valence-corrected chi connectivity index (χ3v) is 3.30. The van der Waals surface area contributed by atoms with Gasteiger partial charge < -0.3 is 10.6 Å². The monoisotopic (exact) mass is 268 g/mol. The van der Waals surface area contributed by atoms with Gasteiger partial charge in [0.1, 0.15) is 0 Å². The van der Waals surface area contributed by atoms with Crippen LogP contribution in [0.4, 0.5) is 0 Å². The first-order valence-electron chi connectivity index (χ1n) is 6.30. The Kier molecular flexibility index (Phi) is 6.16. The lowest BCUT2D eigenvalue weighted by Crippen LogP contribution is -2.41. The van der Waals surface area contributed by atoms with Crippen LogP contribution in [0.15, 0.2) is 24.3 Å². The summed E-state index contributed by atoms with van der Waals surface area (Å²) in [7, 11) is 1.76. The second-order valence-electron chi connectivity index (χ2n) is 4.53. The van der Waals surface area contributed by atoms with E-state index in [1.54, 1.807) is 11.9 Å². The minimum absolute atomic E-state index is 0.0247. The molecule has 100 valence electrons. The summed E-state index contributed by atoms with van der Waals surface area (Å²) >= 11 is 6.07. The molecule has 4 heteroatoms. The van der Waals surface area contributed by atoms with Crippen LogP contribution in [0.1, 0.15) is 31.7 Å². The first kappa shape index (κ1) is 15.0. The highest BCUT2D eigenvalue weighted by Crippen LogP contribution is 2.16. The van der Waals surface area contributed by atoms with Gasteiger partial charge >= 0.3 is 0 Å². The molecule has 0 saturated heterocycles. The Morgan fingerprint density at radius 2 is 2.11 bits per heavy atom. The van der Waals surface area contributed by atoms with Gasteiger partial charge in [0.2, 0.25) is 5.91 Å². The smallest absolute Gasteiger partial charge is 0.239 e. The lowest BCUT2D eigenvalue weighted by atomic mass is 10.1. The van der Waals surface area contributed by atoms with Gasteiger partial charge in [-0.3, -0.25) is 4.79 Å². The molecule has 0 radical (unpaired) electrons. The number of likely N-dealkylation sites (N-methyl/N-ethyl adjacent to an activating group) is 1. The Bertz CT molecular complexity index is 395.